The molecular formula is C18H24N6O3S2. The van der Waals surface area contributed by atoms with Crippen molar-refractivity contribution in [2.75, 3.05) is 30.3 Å². The summed E-state index contributed by atoms with van der Waals surface area (Å²) in [4.78, 5) is 14.8. The van der Waals surface area contributed by atoms with Gasteiger partial charge in [-0.1, -0.05) is 18.2 Å². The largest absolute Gasteiger partial charge is 0.311 e. The molecule has 0 bridgehead atoms. The zero-order valence-electron chi connectivity index (χ0n) is 16.3. The van der Waals surface area contributed by atoms with Gasteiger partial charge in [0.2, 0.25) is 21.1 Å². The number of hydrogen-bond acceptors (Lipinski definition) is 7. The van der Waals surface area contributed by atoms with E-state index in [-0.39, 0.29) is 11.7 Å². The van der Waals surface area contributed by atoms with E-state index in [0.29, 0.717) is 42.7 Å². The Morgan fingerprint density at radius 1 is 1.17 bits per heavy atom. The number of carbonyl (C=O) groups is 1. The molecule has 0 unspecified atom stereocenters. The first-order valence-corrected chi connectivity index (χ1v) is 12.3. The molecule has 1 amide bonds. The highest BCUT2D eigenvalue weighted by Gasteiger charge is 2.30. The molecular weight excluding hydrogens is 412 g/mol. The lowest BCUT2D eigenvalue weighted by atomic mass is 10.2. The van der Waals surface area contributed by atoms with Gasteiger partial charge in [-0.15, -0.1) is 5.10 Å². The van der Waals surface area contributed by atoms with Gasteiger partial charge in [0.25, 0.3) is 0 Å². The van der Waals surface area contributed by atoms with E-state index in [2.05, 4.69) is 15.5 Å². The summed E-state index contributed by atoms with van der Waals surface area (Å²) in [6, 6.07) is 5.12. The third-order valence-electron chi connectivity index (χ3n) is 5.32. The third kappa shape index (κ3) is 4.03. The van der Waals surface area contributed by atoms with E-state index in [1.807, 2.05) is 6.92 Å². The van der Waals surface area contributed by atoms with Gasteiger partial charge in [-0.25, -0.2) is 13.1 Å². The molecule has 0 spiro atoms. The lowest BCUT2D eigenvalue weighted by molar-refractivity contribution is -0.116. The van der Waals surface area contributed by atoms with E-state index in [1.165, 1.54) is 11.8 Å². The highest BCUT2D eigenvalue weighted by Crippen LogP contribution is 2.32. The van der Waals surface area contributed by atoms with E-state index < -0.39 is 10.0 Å². The van der Waals surface area contributed by atoms with Crippen LogP contribution in [0.25, 0.3) is 0 Å². The van der Waals surface area contributed by atoms with Crippen molar-refractivity contribution in [1.82, 2.24) is 24.5 Å². The van der Waals surface area contributed by atoms with Gasteiger partial charge < -0.3 is 4.90 Å². The van der Waals surface area contributed by atoms with Crippen LogP contribution in [0, 0.1) is 0 Å². The van der Waals surface area contributed by atoms with Crippen molar-refractivity contribution in [2.24, 2.45) is 0 Å². The predicted molar refractivity (Wildman–Crippen MR) is 109 cm³/mol. The number of anilines is 1. The first-order chi connectivity index (χ1) is 14.0. The van der Waals surface area contributed by atoms with Gasteiger partial charge >= 0.3 is 0 Å². The smallest absolute Gasteiger partial charge is 0.243 e. The quantitative estimate of drug-likeness (QED) is 0.633. The lowest BCUT2D eigenvalue weighted by Gasteiger charge is -2.26. The summed E-state index contributed by atoms with van der Waals surface area (Å²) >= 11 is 1.31. The third-order valence-corrected chi connectivity index (χ3v) is 8.16. The maximum atomic E-state index is 12.9. The van der Waals surface area contributed by atoms with Crippen LogP contribution in [0.5, 0.6) is 0 Å². The van der Waals surface area contributed by atoms with E-state index in [4.69, 9.17) is 0 Å². The first kappa shape index (κ1) is 20.3. The van der Waals surface area contributed by atoms with E-state index >= 15 is 0 Å². The number of nitrogens with zero attached hydrogens (tertiary/aromatic N) is 6. The summed E-state index contributed by atoms with van der Waals surface area (Å²) in [6.07, 6.45) is 3.55. The van der Waals surface area contributed by atoms with Crippen molar-refractivity contribution >= 4 is 33.4 Å². The number of amides is 1. The molecule has 0 atom stereocenters. The maximum absolute atomic E-state index is 12.9. The molecule has 0 aliphatic carbocycles. The van der Waals surface area contributed by atoms with Crippen LogP contribution in [-0.2, 0) is 27.8 Å². The van der Waals surface area contributed by atoms with Gasteiger partial charge in [0.1, 0.15) is 0 Å². The van der Waals surface area contributed by atoms with Gasteiger partial charge in [0, 0.05) is 31.9 Å². The predicted octanol–water partition coefficient (Wildman–Crippen LogP) is 1.55. The molecule has 9 nitrogen and oxygen atoms in total. The minimum Gasteiger partial charge on any atom is -0.311 e. The number of piperidine rings is 1. The van der Waals surface area contributed by atoms with Gasteiger partial charge in [0.05, 0.1) is 10.6 Å². The Hall–Kier alpha value is -1.98. The minimum absolute atomic E-state index is 0.0361. The molecule has 2 aliphatic rings. The van der Waals surface area contributed by atoms with Crippen molar-refractivity contribution < 1.29 is 13.2 Å². The Morgan fingerprint density at radius 2 is 1.97 bits per heavy atom. The monoisotopic (exact) mass is 436 g/mol. The Bertz CT molecular complexity index is 1000. The lowest BCUT2D eigenvalue weighted by Crippen LogP contribution is -2.35. The average molecular weight is 437 g/mol. The van der Waals surface area contributed by atoms with E-state index in [9.17, 15) is 13.2 Å². The van der Waals surface area contributed by atoms with Crippen LogP contribution in [-0.4, -0.2) is 64.2 Å². The number of aryl methyl sites for hydroxylation is 1. The zero-order valence-corrected chi connectivity index (χ0v) is 18.0. The number of aromatic nitrogens is 4. The SMILES string of the molecule is CCn1nnnc1SCC(=O)N1CCc2cc(S(=O)(=O)N3CCCCC3)ccc21. The molecule has 1 fully saturated rings. The molecule has 2 aromatic rings. The normalized spacial score (nSPS) is 17.5. The molecule has 29 heavy (non-hydrogen) atoms. The van der Waals surface area contributed by atoms with Crippen LogP contribution in [0.1, 0.15) is 31.7 Å². The van der Waals surface area contributed by atoms with Crippen molar-refractivity contribution in [1.29, 1.82) is 0 Å². The molecule has 1 saturated heterocycles. The highest BCUT2D eigenvalue weighted by molar-refractivity contribution is 7.99. The maximum Gasteiger partial charge on any atom is 0.243 e. The second-order valence-electron chi connectivity index (χ2n) is 7.12. The molecule has 1 aromatic heterocycles. The number of carbonyl (C=O) groups excluding carboxylic acids is 1. The molecule has 3 heterocycles. The molecule has 0 radical (unpaired) electrons. The van der Waals surface area contributed by atoms with Crippen LogP contribution in [0.3, 0.4) is 0 Å². The second kappa shape index (κ2) is 8.41. The number of sulfonamides is 1. The first-order valence-electron chi connectivity index (χ1n) is 9.83. The molecule has 4 rings (SSSR count). The van der Waals surface area contributed by atoms with Crippen LogP contribution < -0.4 is 4.90 Å². The molecule has 11 heteroatoms. The van der Waals surface area contributed by atoms with E-state index in [1.54, 1.807) is 32.1 Å². The Balaban J connectivity index is 1.47. The van der Waals surface area contributed by atoms with Crippen molar-refractivity contribution in [3.63, 3.8) is 0 Å². The van der Waals surface area contributed by atoms with Crippen LogP contribution in [0.15, 0.2) is 28.3 Å². The van der Waals surface area contributed by atoms with Gasteiger partial charge in [-0.05, 0) is 60.4 Å². The Morgan fingerprint density at radius 3 is 2.72 bits per heavy atom. The van der Waals surface area contributed by atoms with Gasteiger partial charge in [0.15, 0.2) is 0 Å². The van der Waals surface area contributed by atoms with Gasteiger partial charge in [-0.3, -0.25) is 4.79 Å². The molecule has 0 N–H and O–H groups in total. The number of thioether (sulfide) groups is 1. The minimum atomic E-state index is -3.47. The van der Waals surface area contributed by atoms with Crippen LogP contribution >= 0.6 is 11.8 Å². The number of rotatable bonds is 6. The summed E-state index contributed by atoms with van der Waals surface area (Å²) in [7, 11) is -3.47. The summed E-state index contributed by atoms with van der Waals surface area (Å²) in [5, 5.41) is 12.0. The number of benzene rings is 1. The van der Waals surface area contributed by atoms with E-state index in [0.717, 1.165) is 30.5 Å². The summed E-state index contributed by atoms with van der Waals surface area (Å²) in [5.74, 6) is 0.194. The molecule has 1 aromatic carbocycles. The molecule has 156 valence electrons. The fourth-order valence-corrected chi connectivity index (χ4v) is 6.14. The van der Waals surface area contributed by atoms with Crippen LogP contribution in [0.2, 0.25) is 0 Å². The van der Waals surface area contributed by atoms with Crippen molar-refractivity contribution in [2.45, 2.75) is 49.2 Å². The fraction of sp³-hybridized carbons (Fsp3) is 0.556. The average Bonchev–Trinajstić information content (AvgIpc) is 3.38. The zero-order chi connectivity index (χ0) is 20.4. The highest BCUT2D eigenvalue weighted by atomic mass is 32.2. The van der Waals surface area contributed by atoms with Crippen molar-refractivity contribution in [3.05, 3.63) is 23.8 Å². The second-order valence-corrected chi connectivity index (χ2v) is 10.00. The summed E-state index contributed by atoms with van der Waals surface area (Å²) in [5.41, 5.74) is 1.70. The number of tetrazole rings is 1. The Kier molecular flexibility index (Phi) is 5.88. The molecule has 0 saturated carbocycles. The van der Waals surface area contributed by atoms with Crippen LogP contribution in [0.4, 0.5) is 5.69 Å². The van der Waals surface area contributed by atoms with Gasteiger partial charge in [-0.2, -0.15) is 4.31 Å². The standard InChI is InChI=1S/C18H24N6O3S2/c1-2-24-18(19-20-21-24)28-13-17(25)23-11-8-14-12-15(6-7-16(14)23)29(26,27)22-9-4-3-5-10-22/h6-7,12H,2-5,8-11,13H2,1H3. The fourth-order valence-electron chi connectivity index (χ4n) is 3.75. The van der Waals surface area contributed by atoms with Crippen molar-refractivity contribution in [3.8, 4) is 0 Å². The summed E-state index contributed by atoms with van der Waals surface area (Å²) in [6.45, 7) is 4.30. The Labute approximate surface area is 174 Å². The number of hydrogen-bond donors (Lipinski definition) is 0. The number of fused-ring (bicyclic) bond motifs is 1. The summed E-state index contributed by atoms with van der Waals surface area (Å²) < 4.78 is 29.1. The molecule has 2 aliphatic heterocycles. The topological polar surface area (TPSA) is 101 Å².